The van der Waals surface area contributed by atoms with Gasteiger partial charge in [-0.25, -0.2) is 0 Å². The predicted octanol–water partition coefficient (Wildman–Crippen LogP) is 2.80. The van der Waals surface area contributed by atoms with Crippen molar-refractivity contribution in [2.75, 3.05) is 7.11 Å². The Morgan fingerprint density at radius 3 is 2.71 bits per heavy atom. The zero-order chi connectivity index (χ0) is 9.97. The molecule has 1 saturated carbocycles. The molecule has 0 aliphatic heterocycles. The van der Waals surface area contributed by atoms with Gasteiger partial charge in [0.05, 0.1) is 13.2 Å². The lowest BCUT2D eigenvalue weighted by molar-refractivity contribution is 0.281. The summed E-state index contributed by atoms with van der Waals surface area (Å²) in [5.74, 6) is 1.80. The molecule has 1 aromatic carbocycles. The van der Waals surface area contributed by atoms with Gasteiger partial charge in [-0.05, 0) is 30.9 Å². The van der Waals surface area contributed by atoms with Crippen LogP contribution < -0.4 is 9.47 Å². The molecule has 0 aromatic heterocycles. The van der Waals surface area contributed by atoms with Gasteiger partial charge in [-0.1, -0.05) is 19.1 Å². The molecule has 2 heteroatoms. The second-order valence-electron chi connectivity index (χ2n) is 3.62. The number of hydrogen-bond acceptors (Lipinski definition) is 2. The number of para-hydroxylation sites is 1. The van der Waals surface area contributed by atoms with Gasteiger partial charge in [0.2, 0.25) is 0 Å². The van der Waals surface area contributed by atoms with E-state index in [9.17, 15) is 0 Å². The van der Waals surface area contributed by atoms with Crippen molar-refractivity contribution in [3.63, 3.8) is 0 Å². The van der Waals surface area contributed by atoms with E-state index < -0.39 is 0 Å². The third-order valence-corrected chi connectivity index (χ3v) is 2.46. The molecule has 2 rings (SSSR count). The van der Waals surface area contributed by atoms with Crippen LogP contribution in [-0.4, -0.2) is 13.2 Å². The molecule has 0 unspecified atom stereocenters. The van der Waals surface area contributed by atoms with Crippen molar-refractivity contribution in [1.29, 1.82) is 0 Å². The van der Waals surface area contributed by atoms with E-state index in [4.69, 9.17) is 9.47 Å². The quantitative estimate of drug-likeness (QED) is 0.730. The highest BCUT2D eigenvalue weighted by Crippen LogP contribution is 2.35. The minimum atomic E-state index is 0.427. The van der Waals surface area contributed by atoms with E-state index >= 15 is 0 Å². The average Bonchev–Trinajstić information content (AvgIpc) is 3.01. The summed E-state index contributed by atoms with van der Waals surface area (Å²) < 4.78 is 11.1. The largest absolute Gasteiger partial charge is 0.493 e. The normalized spacial score (nSPS) is 15.3. The Labute approximate surface area is 84.8 Å². The maximum Gasteiger partial charge on any atom is 0.163 e. The van der Waals surface area contributed by atoms with Crippen LogP contribution in [0.15, 0.2) is 18.2 Å². The van der Waals surface area contributed by atoms with Gasteiger partial charge in [-0.2, -0.15) is 0 Å². The van der Waals surface area contributed by atoms with Crippen molar-refractivity contribution in [2.45, 2.75) is 32.3 Å². The summed E-state index contributed by atoms with van der Waals surface area (Å²) in [6.45, 7) is 2.12. The molecule has 1 aliphatic rings. The van der Waals surface area contributed by atoms with E-state index in [-0.39, 0.29) is 0 Å². The van der Waals surface area contributed by atoms with Crippen molar-refractivity contribution in [2.24, 2.45) is 0 Å². The first kappa shape index (κ1) is 9.38. The molecule has 2 nitrogen and oxygen atoms in total. The molecule has 1 fully saturated rings. The molecule has 0 spiro atoms. The summed E-state index contributed by atoms with van der Waals surface area (Å²) in [6, 6.07) is 6.09. The molecule has 0 atom stereocenters. The number of hydrogen-bond donors (Lipinski definition) is 0. The fraction of sp³-hybridized carbons (Fsp3) is 0.500. The fourth-order valence-electron chi connectivity index (χ4n) is 1.53. The van der Waals surface area contributed by atoms with Crippen LogP contribution in [0.25, 0.3) is 0 Å². The monoisotopic (exact) mass is 192 g/mol. The number of methoxy groups -OCH3 is 1. The van der Waals surface area contributed by atoms with Crippen LogP contribution >= 0.6 is 0 Å². The lowest BCUT2D eigenvalue weighted by atomic mass is 10.1. The first-order valence-electron chi connectivity index (χ1n) is 5.17. The van der Waals surface area contributed by atoms with E-state index in [0.717, 1.165) is 17.9 Å². The van der Waals surface area contributed by atoms with Crippen LogP contribution in [-0.2, 0) is 6.42 Å². The van der Waals surface area contributed by atoms with Crippen molar-refractivity contribution in [3.8, 4) is 11.5 Å². The van der Waals surface area contributed by atoms with E-state index in [1.54, 1.807) is 7.11 Å². The fourth-order valence-corrected chi connectivity index (χ4v) is 1.53. The van der Waals surface area contributed by atoms with Gasteiger partial charge in [0.15, 0.2) is 11.5 Å². The van der Waals surface area contributed by atoms with Crippen LogP contribution in [0.3, 0.4) is 0 Å². The van der Waals surface area contributed by atoms with Crippen LogP contribution in [0.1, 0.15) is 25.3 Å². The maximum atomic E-state index is 5.76. The molecule has 0 amide bonds. The van der Waals surface area contributed by atoms with Gasteiger partial charge in [-0.15, -0.1) is 0 Å². The maximum absolute atomic E-state index is 5.76. The molecule has 0 N–H and O–H groups in total. The van der Waals surface area contributed by atoms with Crippen LogP contribution in [0.5, 0.6) is 11.5 Å². The number of ether oxygens (including phenoxy) is 2. The molecular weight excluding hydrogens is 176 g/mol. The van der Waals surface area contributed by atoms with Gasteiger partial charge < -0.3 is 9.47 Å². The lowest BCUT2D eigenvalue weighted by Crippen LogP contribution is -2.00. The third-order valence-electron chi connectivity index (χ3n) is 2.46. The summed E-state index contributed by atoms with van der Waals surface area (Å²) >= 11 is 0. The van der Waals surface area contributed by atoms with Crippen molar-refractivity contribution in [1.82, 2.24) is 0 Å². The molecule has 0 bridgehead atoms. The summed E-state index contributed by atoms with van der Waals surface area (Å²) in [5, 5.41) is 0. The minimum absolute atomic E-state index is 0.427. The van der Waals surface area contributed by atoms with E-state index in [0.29, 0.717) is 6.10 Å². The van der Waals surface area contributed by atoms with E-state index in [1.165, 1.54) is 18.4 Å². The van der Waals surface area contributed by atoms with Gasteiger partial charge in [0.1, 0.15) is 0 Å². The third kappa shape index (κ3) is 1.84. The van der Waals surface area contributed by atoms with Crippen LogP contribution in [0.2, 0.25) is 0 Å². The Bertz CT molecular complexity index is 316. The van der Waals surface area contributed by atoms with Crippen molar-refractivity contribution >= 4 is 0 Å². The molecule has 0 saturated heterocycles. The lowest BCUT2D eigenvalue weighted by Gasteiger charge is -2.12. The topological polar surface area (TPSA) is 18.5 Å². The van der Waals surface area contributed by atoms with Gasteiger partial charge in [0, 0.05) is 0 Å². The summed E-state index contributed by atoms with van der Waals surface area (Å²) in [6.07, 6.45) is 3.76. The first-order valence-corrected chi connectivity index (χ1v) is 5.17. The zero-order valence-electron chi connectivity index (χ0n) is 8.75. The Morgan fingerprint density at radius 2 is 2.14 bits per heavy atom. The number of benzene rings is 1. The molecule has 1 aromatic rings. The van der Waals surface area contributed by atoms with Crippen LogP contribution in [0, 0.1) is 0 Å². The average molecular weight is 192 g/mol. The summed E-state index contributed by atoms with van der Waals surface area (Å²) in [4.78, 5) is 0. The smallest absolute Gasteiger partial charge is 0.163 e. The van der Waals surface area contributed by atoms with Gasteiger partial charge in [0.25, 0.3) is 0 Å². The van der Waals surface area contributed by atoms with Gasteiger partial charge >= 0.3 is 0 Å². The van der Waals surface area contributed by atoms with Crippen LogP contribution in [0.4, 0.5) is 0 Å². The Balaban J connectivity index is 2.26. The molecule has 0 heterocycles. The molecular formula is C12H16O2. The van der Waals surface area contributed by atoms with E-state index in [2.05, 4.69) is 13.0 Å². The number of rotatable bonds is 4. The molecule has 0 radical (unpaired) electrons. The van der Waals surface area contributed by atoms with E-state index in [1.807, 2.05) is 12.1 Å². The summed E-state index contributed by atoms with van der Waals surface area (Å²) in [5.41, 5.74) is 1.21. The predicted molar refractivity (Wildman–Crippen MR) is 56.0 cm³/mol. The molecule has 76 valence electrons. The highest BCUT2D eigenvalue weighted by Gasteiger charge is 2.25. The Hall–Kier alpha value is -1.18. The summed E-state index contributed by atoms with van der Waals surface area (Å²) in [7, 11) is 1.70. The zero-order valence-corrected chi connectivity index (χ0v) is 8.75. The Morgan fingerprint density at radius 1 is 1.36 bits per heavy atom. The van der Waals surface area contributed by atoms with Gasteiger partial charge in [-0.3, -0.25) is 0 Å². The molecule has 14 heavy (non-hydrogen) atoms. The second kappa shape index (κ2) is 3.91. The SMILES string of the molecule is CCc1cccc(OC2CC2)c1OC. The standard InChI is InChI=1S/C12H16O2/c1-3-9-5-4-6-11(12(9)13-2)14-10-7-8-10/h4-6,10H,3,7-8H2,1-2H3. The minimum Gasteiger partial charge on any atom is -0.493 e. The number of aryl methyl sites for hydroxylation is 1. The highest BCUT2D eigenvalue weighted by molar-refractivity contribution is 5.46. The Kier molecular flexibility index (Phi) is 2.62. The van der Waals surface area contributed by atoms with Crippen molar-refractivity contribution < 1.29 is 9.47 Å². The highest BCUT2D eigenvalue weighted by atomic mass is 16.5. The second-order valence-corrected chi connectivity index (χ2v) is 3.62. The first-order chi connectivity index (χ1) is 6.85. The molecule has 1 aliphatic carbocycles. The van der Waals surface area contributed by atoms with Crippen molar-refractivity contribution in [3.05, 3.63) is 23.8 Å².